The lowest BCUT2D eigenvalue weighted by Gasteiger charge is -2.19. The minimum atomic E-state index is -0.840. The highest BCUT2D eigenvalue weighted by atomic mass is 16.6. The Balaban J connectivity index is 1.66. The van der Waals surface area contributed by atoms with Crippen LogP contribution in [0.4, 0.5) is 0 Å². The van der Waals surface area contributed by atoms with Crippen LogP contribution in [0, 0.1) is 0 Å². The molecular formula is C30H34O8. The molecule has 0 bridgehead atoms. The normalized spacial score (nSPS) is 11.3. The van der Waals surface area contributed by atoms with Gasteiger partial charge >= 0.3 is 11.9 Å². The topological polar surface area (TPSA) is 89.5 Å². The van der Waals surface area contributed by atoms with Crippen LogP contribution in [0.5, 0.6) is 17.2 Å². The van der Waals surface area contributed by atoms with Crippen molar-refractivity contribution >= 4 is 11.9 Å². The molecule has 3 rings (SSSR count). The molecule has 38 heavy (non-hydrogen) atoms. The van der Waals surface area contributed by atoms with Gasteiger partial charge in [0.25, 0.3) is 0 Å². The van der Waals surface area contributed by atoms with E-state index in [2.05, 4.69) is 0 Å². The summed E-state index contributed by atoms with van der Waals surface area (Å²) < 4.78 is 33.4. The van der Waals surface area contributed by atoms with Gasteiger partial charge in [0.2, 0.25) is 0 Å². The van der Waals surface area contributed by atoms with Crippen LogP contribution >= 0.6 is 0 Å². The standard InChI is InChI=1S/C30H34O8/c1-4-34-25-13-7-10-22(16-25)19-33-20-28(38-30(32)24-12-9-15-27(18-24)36-6-3)21-37-29(31)23-11-8-14-26(17-23)35-5-2/h7-18,28H,4-6,19-21H2,1-3H3. The molecule has 8 heteroatoms. The van der Waals surface area contributed by atoms with Crippen LogP contribution in [0.3, 0.4) is 0 Å². The molecule has 0 radical (unpaired) electrons. The Hall–Kier alpha value is -4.04. The first kappa shape index (κ1) is 28.5. The summed E-state index contributed by atoms with van der Waals surface area (Å²) in [6.45, 7) is 7.24. The van der Waals surface area contributed by atoms with Gasteiger partial charge in [0.05, 0.1) is 44.2 Å². The van der Waals surface area contributed by atoms with Gasteiger partial charge in [-0.15, -0.1) is 0 Å². The van der Waals surface area contributed by atoms with E-state index in [0.29, 0.717) is 42.4 Å². The zero-order valence-corrected chi connectivity index (χ0v) is 22.0. The molecular weight excluding hydrogens is 488 g/mol. The number of rotatable bonds is 15. The van der Waals surface area contributed by atoms with E-state index in [9.17, 15) is 9.59 Å². The van der Waals surface area contributed by atoms with E-state index in [0.717, 1.165) is 11.3 Å². The Labute approximate surface area is 223 Å². The number of hydrogen-bond acceptors (Lipinski definition) is 8. The van der Waals surface area contributed by atoms with Crippen molar-refractivity contribution in [3.8, 4) is 17.2 Å². The van der Waals surface area contributed by atoms with Crippen molar-refractivity contribution in [2.75, 3.05) is 33.0 Å². The highest BCUT2D eigenvalue weighted by molar-refractivity contribution is 5.90. The van der Waals surface area contributed by atoms with Crippen molar-refractivity contribution in [2.24, 2.45) is 0 Å². The molecule has 0 aliphatic rings. The lowest BCUT2D eigenvalue weighted by atomic mass is 10.2. The first-order valence-electron chi connectivity index (χ1n) is 12.7. The average Bonchev–Trinajstić information content (AvgIpc) is 2.92. The van der Waals surface area contributed by atoms with Crippen molar-refractivity contribution < 1.29 is 38.0 Å². The molecule has 0 aliphatic carbocycles. The molecule has 0 aliphatic heterocycles. The van der Waals surface area contributed by atoms with Gasteiger partial charge in [-0.3, -0.25) is 0 Å². The summed E-state index contributed by atoms with van der Waals surface area (Å²) in [6.07, 6.45) is -0.840. The third kappa shape index (κ3) is 9.12. The van der Waals surface area contributed by atoms with E-state index in [4.69, 9.17) is 28.4 Å². The molecule has 0 aromatic heterocycles. The molecule has 3 aromatic carbocycles. The van der Waals surface area contributed by atoms with E-state index in [1.807, 2.05) is 45.0 Å². The van der Waals surface area contributed by atoms with E-state index >= 15 is 0 Å². The van der Waals surface area contributed by atoms with Gasteiger partial charge in [-0.2, -0.15) is 0 Å². The number of benzene rings is 3. The Morgan fingerprint density at radius 2 is 1.18 bits per heavy atom. The van der Waals surface area contributed by atoms with E-state index < -0.39 is 18.0 Å². The highest BCUT2D eigenvalue weighted by Crippen LogP contribution is 2.18. The Morgan fingerprint density at radius 3 is 1.76 bits per heavy atom. The maximum Gasteiger partial charge on any atom is 0.338 e. The third-order valence-corrected chi connectivity index (χ3v) is 5.22. The van der Waals surface area contributed by atoms with Crippen molar-refractivity contribution in [3.63, 3.8) is 0 Å². The molecule has 3 aromatic rings. The first-order chi connectivity index (χ1) is 18.5. The molecule has 0 spiro atoms. The summed E-state index contributed by atoms with van der Waals surface area (Å²) in [4.78, 5) is 25.6. The van der Waals surface area contributed by atoms with Crippen molar-refractivity contribution in [1.82, 2.24) is 0 Å². The van der Waals surface area contributed by atoms with Gasteiger partial charge in [-0.1, -0.05) is 24.3 Å². The fourth-order valence-electron chi connectivity index (χ4n) is 3.55. The Kier molecular flexibility index (Phi) is 11.5. The van der Waals surface area contributed by atoms with Crippen LogP contribution < -0.4 is 14.2 Å². The van der Waals surface area contributed by atoms with Crippen molar-refractivity contribution in [2.45, 2.75) is 33.5 Å². The summed E-state index contributed by atoms with van der Waals surface area (Å²) >= 11 is 0. The van der Waals surface area contributed by atoms with Gasteiger partial charge in [0.1, 0.15) is 23.9 Å². The number of hydrogen-bond donors (Lipinski definition) is 0. The number of carbonyl (C=O) groups is 2. The van der Waals surface area contributed by atoms with Crippen LogP contribution in [0.15, 0.2) is 72.8 Å². The number of carbonyl (C=O) groups excluding carboxylic acids is 2. The van der Waals surface area contributed by atoms with Crippen LogP contribution in [-0.2, 0) is 20.8 Å². The fraction of sp³-hybridized carbons (Fsp3) is 0.333. The van der Waals surface area contributed by atoms with Gasteiger partial charge in [-0.05, 0) is 74.9 Å². The van der Waals surface area contributed by atoms with Crippen LogP contribution in [0.25, 0.3) is 0 Å². The minimum absolute atomic E-state index is 0.0159. The van der Waals surface area contributed by atoms with E-state index in [1.54, 1.807) is 48.5 Å². The molecule has 8 nitrogen and oxygen atoms in total. The summed E-state index contributed by atoms with van der Waals surface area (Å²) in [5.74, 6) is 0.735. The first-order valence-corrected chi connectivity index (χ1v) is 12.7. The smallest absolute Gasteiger partial charge is 0.338 e. The minimum Gasteiger partial charge on any atom is -0.494 e. The molecule has 0 fully saturated rings. The second-order valence-electron chi connectivity index (χ2n) is 8.14. The molecule has 0 N–H and O–H groups in total. The quantitative estimate of drug-likeness (QED) is 0.242. The van der Waals surface area contributed by atoms with Gasteiger partial charge in [-0.25, -0.2) is 9.59 Å². The molecule has 0 amide bonds. The number of esters is 2. The monoisotopic (exact) mass is 522 g/mol. The lowest BCUT2D eigenvalue weighted by Crippen LogP contribution is -2.30. The maximum absolute atomic E-state index is 12.9. The van der Waals surface area contributed by atoms with Gasteiger partial charge in [0.15, 0.2) is 6.10 Å². The third-order valence-electron chi connectivity index (χ3n) is 5.22. The van der Waals surface area contributed by atoms with Crippen LogP contribution in [0.1, 0.15) is 47.1 Å². The largest absolute Gasteiger partial charge is 0.494 e. The molecule has 1 atom stereocenters. The SMILES string of the molecule is CCOc1cccc(COCC(COC(=O)c2cccc(OCC)c2)OC(=O)c2cccc(OCC)c2)c1. The second kappa shape index (κ2) is 15.3. The zero-order valence-electron chi connectivity index (χ0n) is 22.0. The van der Waals surface area contributed by atoms with Gasteiger partial charge in [0, 0.05) is 0 Å². The predicted octanol–water partition coefficient (Wildman–Crippen LogP) is 5.48. The molecule has 1 unspecified atom stereocenters. The molecule has 0 saturated heterocycles. The lowest BCUT2D eigenvalue weighted by molar-refractivity contribution is -0.0354. The summed E-state index contributed by atoms with van der Waals surface area (Å²) in [7, 11) is 0. The second-order valence-corrected chi connectivity index (χ2v) is 8.14. The van der Waals surface area contributed by atoms with E-state index in [1.165, 1.54) is 0 Å². The van der Waals surface area contributed by atoms with Crippen molar-refractivity contribution in [1.29, 1.82) is 0 Å². The summed E-state index contributed by atoms with van der Waals surface area (Å²) in [6, 6.07) is 21.0. The van der Waals surface area contributed by atoms with Crippen molar-refractivity contribution in [3.05, 3.63) is 89.5 Å². The summed E-state index contributed by atoms with van der Waals surface area (Å²) in [5.41, 5.74) is 1.55. The average molecular weight is 523 g/mol. The molecule has 0 saturated carbocycles. The van der Waals surface area contributed by atoms with Crippen LogP contribution in [0.2, 0.25) is 0 Å². The highest BCUT2D eigenvalue weighted by Gasteiger charge is 2.20. The van der Waals surface area contributed by atoms with Crippen LogP contribution in [-0.4, -0.2) is 51.1 Å². The Morgan fingerprint density at radius 1 is 0.658 bits per heavy atom. The Bertz CT molecular complexity index is 1180. The van der Waals surface area contributed by atoms with E-state index in [-0.39, 0.29) is 19.8 Å². The zero-order chi connectivity index (χ0) is 27.2. The predicted molar refractivity (Wildman–Crippen MR) is 142 cm³/mol. The number of ether oxygens (including phenoxy) is 6. The molecule has 0 heterocycles. The molecule has 202 valence electrons. The fourth-order valence-corrected chi connectivity index (χ4v) is 3.55. The van der Waals surface area contributed by atoms with Gasteiger partial charge < -0.3 is 28.4 Å². The maximum atomic E-state index is 12.9. The summed E-state index contributed by atoms with van der Waals surface area (Å²) in [5, 5.41) is 0.